The molecule has 0 aromatic rings. The van der Waals surface area contributed by atoms with Gasteiger partial charge in [0.1, 0.15) is 0 Å². The van der Waals surface area contributed by atoms with Crippen molar-refractivity contribution in [3.8, 4) is 0 Å². The summed E-state index contributed by atoms with van der Waals surface area (Å²) in [6.45, 7) is 8.40. The van der Waals surface area contributed by atoms with Gasteiger partial charge in [-0.3, -0.25) is 0 Å². The molecule has 2 nitrogen and oxygen atoms in total. The molecule has 0 heterocycles. The molecule has 0 radical (unpaired) electrons. The summed E-state index contributed by atoms with van der Waals surface area (Å²) in [5.74, 6) is 1.49. The Labute approximate surface area is 180 Å². The van der Waals surface area contributed by atoms with Gasteiger partial charge in [0.15, 0.2) is 6.10 Å². The molecule has 0 spiro atoms. The monoisotopic (exact) mass is 430 g/mol. The lowest BCUT2D eigenvalue weighted by molar-refractivity contribution is -0.228. The third kappa shape index (κ3) is 3.36. The summed E-state index contributed by atoms with van der Waals surface area (Å²) in [5.41, 5.74) is -0.322. The smallest absolute Gasteiger partial charge is 0.390 e. The van der Waals surface area contributed by atoms with E-state index >= 15 is 0 Å². The third-order valence-electron chi connectivity index (χ3n) is 11.0. The molecule has 4 rings (SSSR count). The summed E-state index contributed by atoms with van der Waals surface area (Å²) in [6, 6.07) is 0. The van der Waals surface area contributed by atoms with Crippen molar-refractivity contribution >= 4 is 0 Å². The molecule has 174 valence electrons. The Hall–Kier alpha value is -0.290. The van der Waals surface area contributed by atoms with Gasteiger partial charge in [-0.1, -0.05) is 27.7 Å². The lowest BCUT2D eigenvalue weighted by Gasteiger charge is -2.62. The van der Waals surface area contributed by atoms with Crippen LogP contribution in [0, 0.1) is 46.3 Å². The Balaban J connectivity index is 1.54. The van der Waals surface area contributed by atoms with Crippen molar-refractivity contribution in [3.63, 3.8) is 0 Å². The maximum Gasteiger partial charge on any atom is 0.414 e. The molecular weight excluding hydrogens is 389 g/mol. The first kappa shape index (κ1) is 22.9. The maximum atomic E-state index is 13.2. The van der Waals surface area contributed by atoms with E-state index in [1.807, 2.05) is 0 Å². The third-order valence-corrected chi connectivity index (χ3v) is 11.0. The molecule has 2 N–H and O–H groups in total. The zero-order valence-corrected chi connectivity index (χ0v) is 19.1. The molecule has 4 saturated carbocycles. The number of hydrogen-bond donors (Lipinski definition) is 2. The lowest BCUT2D eigenvalue weighted by Crippen LogP contribution is -2.56. The Morgan fingerprint density at radius 2 is 1.60 bits per heavy atom. The second-order valence-electron chi connectivity index (χ2n) is 12.0. The molecule has 4 aliphatic carbocycles. The summed E-state index contributed by atoms with van der Waals surface area (Å²) in [4.78, 5) is 0. The van der Waals surface area contributed by atoms with E-state index in [9.17, 15) is 23.4 Å². The molecule has 8 unspecified atom stereocenters. The van der Waals surface area contributed by atoms with Crippen LogP contribution in [0.15, 0.2) is 0 Å². The highest BCUT2D eigenvalue weighted by atomic mass is 19.4. The first-order valence-electron chi connectivity index (χ1n) is 12.3. The second-order valence-corrected chi connectivity index (χ2v) is 12.0. The lowest BCUT2D eigenvalue weighted by atomic mass is 9.43. The van der Waals surface area contributed by atoms with Gasteiger partial charge in [0.2, 0.25) is 0 Å². The zero-order chi connectivity index (χ0) is 22.1. The number of halogens is 3. The van der Waals surface area contributed by atoms with Crippen molar-refractivity contribution in [1.29, 1.82) is 0 Å². The molecule has 0 aromatic heterocycles. The van der Waals surface area contributed by atoms with Crippen LogP contribution in [0.25, 0.3) is 0 Å². The Bertz CT molecular complexity index is 651. The van der Waals surface area contributed by atoms with E-state index in [4.69, 9.17) is 0 Å². The van der Waals surface area contributed by atoms with Crippen molar-refractivity contribution in [2.24, 2.45) is 46.3 Å². The number of fused-ring (bicyclic) bond motifs is 5. The Morgan fingerprint density at radius 3 is 2.23 bits per heavy atom. The predicted octanol–water partition coefficient (Wildman–Crippen LogP) is 6.35. The fourth-order valence-corrected chi connectivity index (χ4v) is 9.07. The SMILES string of the molecule is CCC1(O)CCC2(C)C(CCC3C2CCC2(C)C3CCC2[C@H](C)[C@H](O)C(F)(F)F)C1. The summed E-state index contributed by atoms with van der Waals surface area (Å²) in [6.07, 6.45) is 3.19. The first-order chi connectivity index (χ1) is 13.9. The van der Waals surface area contributed by atoms with Crippen LogP contribution in [-0.4, -0.2) is 28.1 Å². The van der Waals surface area contributed by atoms with Crippen molar-refractivity contribution in [2.45, 2.75) is 110 Å². The highest BCUT2D eigenvalue weighted by Crippen LogP contribution is 2.69. The molecule has 0 aromatic carbocycles. The molecular formula is C25H41F3O2. The minimum absolute atomic E-state index is 0.0536. The minimum atomic E-state index is -4.53. The number of aliphatic hydroxyl groups is 2. The molecule has 0 aliphatic heterocycles. The molecule has 5 heteroatoms. The zero-order valence-electron chi connectivity index (χ0n) is 19.1. The fourth-order valence-electron chi connectivity index (χ4n) is 9.07. The van der Waals surface area contributed by atoms with Gasteiger partial charge in [-0.25, -0.2) is 0 Å². The fraction of sp³-hybridized carbons (Fsp3) is 1.00. The van der Waals surface area contributed by atoms with Crippen LogP contribution in [0.1, 0.15) is 91.9 Å². The molecule has 0 amide bonds. The van der Waals surface area contributed by atoms with Crippen molar-refractivity contribution < 1.29 is 23.4 Å². The topological polar surface area (TPSA) is 40.5 Å². The maximum absolute atomic E-state index is 13.2. The van der Waals surface area contributed by atoms with Crippen LogP contribution in [0.2, 0.25) is 0 Å². The van der Waals surface area contributed by atoms with Crippen molar-refractivity contribution in [1.82, 2.24) is 0 Å². The van der Waals surface area contributed by atoms with E-state index in [-0.39, 0.29) is 16.7 Å². The van der Waals surface area contributed by atoms with Gasteiger partial charge in [0.25, 0.3) is 0 Å². The Morgan fingerprint density at radius 1 is 0.933 bits per heavy atom. The normalized spacial score (nSPS) is 50.9. The van der Waals surface area contributed by atoms with Crippen LogP contribution in [0.5, 0.6) is 0 Å². The standard InChI is InChI=1S/C25H41F3O2/c1-5-24(30)13-12-22(3)16(14-24)6-7-17-19-9-8-18(15(2)21(29)25(26,27)28)23(19,4)11-10-20(17)22/h15-21,29-30H,5-14H2,1-4H3/t15-,16?,17?,18?,19?,20?,21-,22?,23?,24?/m0/s1. The molecule has 0 bridgehead atoms. The first-order valence-corrected chi connectivity index (χ1v) is 12.3. The van der Waals surface area contributed by atoms with Crippen molar-refractivity contribution in [2.75, 3.05) is 0 Å². The second kappa shape index (κ2) is 7.37. The summed E-state index contributed by atoms with van der Waals surface area (Å²) >= 11 is 0. The van der Waals surface area contributed by atoms with E-state index in [2.05, 4.69) is 20.8 Å². The summed E-state index contributed by atoms with van der Waals surface area (Å²) < 4.78 is 39.7. The predicted molar refractivity (Wildman–Crippen MR) is 112 cm³/mol. The largest absolute Gasteiger partial charge is 0.414 e. The van der Waals surface area contributed by atoms with Gasteiger partial charge in [0.05, 0.1) is 5.60 Å². The summed E-state index contributed by atoms with van der Waals surface area (Å²) in [5, 5.41) is 20.9. The van der Waals surface area contributed by atoms with E-state index < -0.39 is 23.8 Å². The molecule has 4 aliphatic rings. The highest BCUT2D eigenvalue weighted by molar-refractivity contribution is 5.11. The average molecular weight is 431 g/mol. The van der Waals surface area contributed by atoms with Gasteiger partial charge >= 0.3 is 6.18 Å². The molecule has 4 fully saturated rings. The van der Waals surface area contributed by atoms with Crippen LogP contribution in [-0.2, 0) is 0 Å². The highest BCUT2D eigenvalue weighted by Gasteiger charge is 2.62. The number of aliphatic hydroxyl groups excluding tert-OH is 1. The number of alkyl halides is 3. The van der Waals surface area contributed by atoms with Gasteiger partial charge < -0.3 is 10.2 Å². The molecule has 30 heavy (non-hydrogen) atoms. The van der Waals surface area contributed by atoms with Gasteiger partial charge in [-0.15, -0.1) is 0 Å². The summed E-state index contributed by atoms with van der Waals surface area (Å²) in [7, 11) is 0. The van der Waals surface area contributed by atoms with Gasteiger partial charge in [-0.05, 0) is 111 Å². The van der Waals surface area contributed by atoms with E-state index in [1.54, 1.807) is 6.92 Å². The molecule has 0 saturated heterocycles. The quantitative estimate of drug-likeness (QED) is 0.548. The Kier molecular flexibility index (Phi) is 5.62. The van der Waals surface area contributed by atoms with Crippen LogP contribution >= 0.6 is 0 Å². The van der Waals surface area contributed by atoms with Crippen LogP contribution < -0.4 is 0 Å². The van der Waals surface area contributed by atoms with E-state index in [0.29, 0.717) is 23.7 Å². The number of rotatable bonds is 3. The molecule has 10 atom stereocenters. The van der Waals surface area contributed by atoms with Crippen LogP contribution in [0.3, 0.4) is 0 Å². The van der Waals surface area contributed by atoms with Gasteiger partial charge in [-0.2, -0.15) is 13.2 Å². The average Bonchev–Trinajstić information content (AvgIpc) is 3.04. The van der Waals surface area contributed by atoms with Gasteiger partial charge in [0, 0.05) is 0 Å². The van der Waals surface area contributed by atoms with E-state index in [0.717, 1.165) is 64.2 Å². The van der Waals surface area contributed by atoms with Crippen LogP contribution in [0.4, 0.5) is 13.2 Å². The van der Waals surface area contributed by atoms with E-state index in [1.165, 1.54) is 0 Å². The van der Waals surface area contributed by atoms with Crippen molar-refractivity contribution in [3.05, 3.63) is 0 Å². The number of hydrogen-bond acceptors (Lipinski definition) is 2. The minimum Gasteiger partial charge on any atom is -0.390 e.